The Morgan fingerprint density at radius 2 is 1.50 bits per heavy atom. The minimum Gasteiger partial charge on any atom is -0.490 e. The molecule has 0 amide bonds. The Kier molecular flexibility index (Phi) is 5.66. The third kappa shape index (κ3) is 4.04. The molecule has 1 aromatic carbocycles. The number of nitrogens with two attached hydrogens (primary N) is 1. The Balaban J connectivity index is 3.35. The van der Waals surface area contributed by atoms with Crippen LogP contribution in [0.2, 0.25) is 0 Å². The van der Waals surface area contributed by atoms with Gasteiger partial charge in [0.15, 0.2) is 11.5 Å². The van der Waals surface area contributed by atoms with E-state index in [1.165, 1.54) is 0 Å². The molecule has 1 rings (SSSR count). The number of rotatable bonds is 6. The lowest BCUT2D eigenvalue weighted by Crippen LogP contribution is -2.13. The number of nitriles is 1. The fourth-order valence-corrected chi connectivity index (χ4v) is 1.74. The first-order valence-corrected chi connectivity index (χ1v) is 6.59. The molecule has 1 atom stereocenters. The summed E-state index contributed by atoms with van der Waals surface area (Å²) in [6.45, 7) is 7.66. The van der Waals surface area contributed by atoms with E-state index < -0.39 is 6.04 Å². The summed E-state index contributed by atoms with van der Waals surface area (Å²) in [6.07, 6.45) is -0.0475. The first-order valence-electron chi connectivity index (χ1n) is 6.59. The molecule has 20 heavy (non-hydrogen) atoms. The largest absolute Gasteiger partial charge is 0.490 e. The van der Waals surface area contributed by atoms with E-state index in [-0.39, 0.29) is 12.2 Å². The van der Waals surface area contributed by atoms with E-state index in [2.05, 4.69) is 0 Å². The lowest BCUT2D eigenvalue weighted by Gasteiger charge is -2.20. The van der Waals surface area contributed by atoms with Crippen molar-refractivity contribution in [2.45, 2.75) is 45.9 Å². The zero-order valence-electron chi connectivity index (χ0n) is 12.6. The van der Waals surface area contributed by atoms with Gasteiger partial charge < -0.3 is 19.9 Å². The summed E-state index contributed by atoms with van der Waals surface area (Å²) in [7, 11) is 1.56. The molecule has 0 aliphatic heterocycles. The van der Waals surface area contributed by atoms with Gasteiger partial charge in [-0.25, -0.2) is 0 Å². The van der Waals surface area contributed by atoms with Crippen LogP contribution in [0.3, 0.4) is 0 Å². The van der Waals surface area contributed by atoms with Crippen LogP contribution in [0.25, 0.3) is 0 Å². The van der Waals surface area contributed by atoms with Gasteiger partial charge in [-0.3, -0.25) is 0 Å². The molecule has 0 radical (unpaired) electrons. The van der Waals surface area contributed by atoms with Gasteiger partial charge in [0.25, 0.3) is 0 Å². The summed E-state index contributed by atoms with van der Waals surface area (Å²) in [5, 5.41) is 8.97. The van der Waals surface area contributed by atoms with Crippen molar-refractivity contribution in [2.24, 2.45) is 5.73 Å². The Morgan fingerprint density at radius 3 is 1.80 bits per heavy atom. The number of ether oxygens (including phenoxy) is 3. The average molecular weight is 278 g/mol. The third-order valence-electron chi connectivity index (χ3n) is 2.47. The quantitative estimate of drug-likeness (QED) is 0.865. The van der Waals surface area contributed by atoms with Gasteiger partial charge in [-0.1, -0.05) is 0 Å². The average Bonchev–Trinajstić information content (AvgIpc) is 2.36. The molecule has 0 aliphatic rings. The summed E-state index contributed by atoms with van der Waals surface area (Å²) < 4.78 is 16.8. The molecule has 5 nitrogen and oxygen atoms in total. The first kappa shape index (κ1) is 16.1. The van der Waals surface area contributed by atoms with Gasteiger partial charge in [0, 0.05) is 0 Å². The molecule has 0 saturated heterocycles. The highest BCUT2D eigenvalue weighted by atomic mass is 16.5. The van der Waals surface area contributed by atoms with E-state index in [1.54, 1.807) is 19.2 Å². The van der Waals surface area contributed by atoms with Crippen LogP contribution < -0.4 is 19.9 Å². The van der Waals surface area contributed by atoms with E-state index in [0.29, 0.717) is 22.8 Å². The Bertz CT molecular complexity index is 461. The SMILES string of the molecule is COc1c(OC(C)C)cc(C(N)C#N)cc1OC(C)C. The van der Waals surface area contributed by atoms with Gasteiger partial charge in [0.05, 0.1) is 25.4 Å². The van der Waals surface area contributed by atoms with Crippen molar-refractivity contribution >= 4 is 0 Å². The second-order valence-corrected chi connectivity index (χ2v) is 4.99. The molecule has 0 fully saturated rings. The summed E-state index contributed by atoms with van der Waals surface area (Å²) in [6, 6.07) is 4.72. The molecule has 5 heteroatoms. The topological polar surface area (TPSA) is 77.5 Å². The molecule has 1 aromatic rings. The normalized spacial score (nSPS) is 12.2. The Morgan fingerprint density at radius 1 is 1.05 bits per heavy atom. The lowest BCUT2D eigenvalue weighted by atomic mass is 10.1. The number of benzene rings is 1. The van der Waals surface area contributed by atoms with Crippen LogP contribution in [0, 0.1) is 11.3 Å². The van der Waals surface area contributed by atoms with Gasteiger partial charge in [0.1, 0.15) is 6.04 Å². The van der Waals surface area contributed by atoms with Gasteiger partial charge in [-0.2, -0.15) is 5.26 Å². The maximum Gasteiger partial charge on any atom is 0.203 e. The molecule has 2 N–H and O–H groups in total. The van der Waals surface area contributed by atoms with Crippen molar-refractivity contribution < 1.29 is 14.2 Å². The van der Waals surface area contributed by atoms with Gasteiger partial charge in [-0.15, -0.1) is 0 Å². The zero-order chi connectivity index (χ0) is 15.3. The smallest absolute Gasteiger partial charge is 0.203 e. The highest BCUT2D eigenvalue weighted by Gasteiger charge is 2.19. The van der Waals surface area contributed by atoms with E-state index in [0.717, 1.165) is 0 Å². The Labute approximate surface area is 120 Å². The molecule has 0 aliphatic carbocycles. The zero-order valence-corrected chi connectivity index (χ0v) is 12.6. The van der Waals surface area contributed by atoms with Gasteiger partial charge >= 0.3 is 0 Å². The van der Waals surface area contributed by atoms with E-state index in [4.69, 9.17) is 25.2 Å². The molecule has 110 valence electrons. The Hall–Kier alpha value is -1.93. The summed E-state index contributed by atoms with van der Waals surface area (Å²) in [5.74, 6) is 1.57. The summed E-state index contributed by atoms with van der Waals surface area (Å²) >= 11 is 0. The summed E-state index contributed by atoms with van der Waals surface area (Å²) in [5.41, 5.74) is 6.41. The molecular formula is C15H22N2O3. The van der Waals surface area contributed by atoms with Crippen molar-refractivity contribution in [1.29, 1.82) is 5.26 Å². The van der Waals surface area contributed by atoms with Gasteiger partial charge in [-0.05, 0) is 45.4 Å². The fraction of sp³-hybridized carbons (Fsp3) is 0.533. The van der Waals surface area contributed by atoms with E-state index in [1.807, 2.05) is 33.8 Å². The second-order valence-electron chi connectivity index (χ2n) is 4.99. The molecule has 1 unspecified atom stereocenters. The molecule has 0 spiro atoms. The third-order valence-corrected chi connectivity index (χ3v) is 2.47. The molecule has 0 heterocycles. The molecule has 0 aromatic heterocycles. The standard InChI is InChI=1S/C15H22N2O3/c1-9(2)19-13-6-11(12(17)8-16)7-14(15(13)18-5)20-10(3)4/h6-7,9-10,12H,17H2,1-5H3. The van der Waals surface area contributed by atoms with Crippen LogP contribution in [0.5, 0.6) is 17.2 Å². The highest BCUT2D eigenvalue weighted by Crippen LogP contribution is 2.40. The van der Waals surface area contributed by atoms with E-state index >= 15 is 0 Å². The predicted molar refractivity (Wildman–Crippen MR) is 77.1 cm³/mol. The monoisotopic (exact) mass is 278 g/mol. The number of methoxy groups -OCH3 is 1. The van der Waals surface area contributed by atoms with E-state index in [9.17, 15) is 0 Å². The maximum absolute atomic E-state index is 8.97. The number of nitrogens with zero attached hydrogens (tertiary/aromatic N) is 1. The van der Waals surface area contributed by atoms with Gasteiger partial charge in [0.2, 0.25) is 5.75 Å². The van der Waals surface area contributed by atoms with Crippen molar-refractivity contribution in [3.63, 3.8) is 0 Å². The highest BCUT2D eigenvalue weighted by molar-refractivity contribution is 5.55. The van der Waals surface area contributed by atoms with Crippen molar-refractivity contribution in [3.05, 3.63) is 17.7 Å². The minimum atomic E-state index is -0.732. The first-order chi connectivity index (χ1) is 9.38. The predicted octanol–water partition coefficient (Wildman–Crippen LogP) is 2.79. The molecule has 0 saturated carbocycles. The van der Waals surface area contributed by atoms with Crippen LogP contribution in [0.15, 0.2) is 12.1 Å². The van der Waals surface area contributed by atoms with Crippen LogP contribution >= 0.6 is 0 Å². The van der Waals surface area contributed by atoms with Crippen LogP contribution in [-0.4, -0.2) is 19.3 Å². The van der Waals surface area contributed by atoms with Crippen molar-refractivity contribution in [1.82, 2.24) is 0 Å². The minimum absolute atomic E-state index is 0.0237. The summed E-state index contributed by atoms with van der Waals surface area (Å²) in [4.78, 5) is 0. The number of hydrogen-bond donors (Lipinski definition) is 1. The maximum atomic E-state index is 8.97. The van der Waals surface area contributed by atoms with Crippen molar-refractivity contribution in [3.8, 4) is 23.3 Å². The van der Waals surface area contributed by atoms with Crippen LogP contribution in [-0.2, 0) is 0 Å². The fourth-order valence-electron chi connectivity index (χ4n) is 1.74. The van der Waals surface area contributed by atoms with Crippen LogP contribution in [0.1, 0.15) is 39.3 Å². The molecular weight excluding hydrogens is 256 g/mol. The number of hydrogen-bond acceptors (Lipinski definition) is 5. The lowest BCUT2D eigenvalue weighted by molar-refractivity contribution is 0.208. The molecule has 0 bridgehead atoms. The van der Waals surface area contributed by atoms with Crippen LogP contribution in [0.4, 0.5) is 0 Å². The van der Waals surface area contributed by atoms with Crippen molar-refractivity contribution in [2.75, 3.05) is 7.11 Å². The second kappa shape index (κ2) is 7.01.